The third kappa shape index (κ3) is 4.97. The molecule has 0 amide bonds. The van der Waals surface area contributed by atoms with Gasteiger partial charge in [-0.25, -0.2) is 0 Å². The minimum absolute atomic E-state index is 0. The third-order valence-electron chi connectivity index (χ3n) is 0.792. The molecule has 6 heteroatoms. The van der Waals surface area contributed by atoms with Gasteiger partial charge in [0.1, 0.15) is 0 Å². The maximum atomic E-state index is 11.4. The van der Waals surface area contributed by atoms with Crippen LogP contribution in [0.4, 0.5) is 13.2 Å². The molecule has 0 heterocycles. The summed E-state index contributed by atoms with van der Waals surface area (Å²) in [5, 5.41) is 9.64. The van der Waals surface area contributed by atoms with E-state index in [4.69, 9.17) is 0 Å². The molecule has 0 aliphatic heterocycles. The smallest absolute Gasteiger partial charge is 0.878 e. The van der Waals surface area contributed by atoms with E-state index in [2.05, 4.69) is 0 Å². The summed E-state index contributed by atoms with van der Waals surface area (Å²) in [5.41, 5.74) is -0.826. The van der Waals surface area contributed by atoms with Crippen molar-refractivity contribution in [1.29, 1.82) is 0 Å². The number of ketones is 1. The van der Waals surface area contributed by atoms with Gasteiger partial charge in [-0.1, -0.05) is 0 Å². The molecule has 0 radical (unpaired) electrons. The molecule has 58 valence electrons. The molecular formula is C5H4F3KO2. The second kappa shape index (κ2) is 5.31. The van der Waals surface area contributed by atoms with Gasteiger partial charge in [0.05, 0.1) is 0 Å². The van der Waals surface area contributed by atoms with Gasteiger partial charge in [0.25, 0.3) is 5.78 Å². The van der Waals surface area contributed by atoms with Crippen LogP contribution in [-0.2, 0) is 4.79 Å². The van der Waals surface area contributed by atoms with Crippen molar-refractivity contribution in [3.63, 3.8) is 0 Å². The van der Waals surface area contributed by atoms with Gasteiger partial charge < -0.3 is 5.11 Å². The zero-order chi connectivity index (χ0) is 8.36. The van der Waals surface area contributed by atoms with E-state index in [-0.39, 0.29) is 57.6 Å². The van der Waals surface area contributed by atoms with Crippen molar-refractivity contribution in [2.24, 2.45) is 0 Å². The number of hydrogen-bond donors (Lipinski definition) is 0. The van der Waals surface area contributed by atoms with E-state index in [1.165, 1.54) is 0 Å². The van der Waals surface area contributed by atoms with Gasteiger partial charge in [0.15, 0.2) is 0 Å². The maximum absolute atomic E-state index is 11.4. The Kier molecular flexibility index (Phi) is 6.85. The summed E-state index contributed by atoms with van der Waals surface area (Å²) in [7, 11) is 0. The average Bonchev–Trinajstić information content (AvgIpc) is 1.83. The Bertz CT molecular complexity index is 173. The van der Waals surface area contributed by atoms with Gasteiger partial charge in [-0.2, -0.15) is 13.2 Å². The van der Waals surface area contributed by atoms with E-state index < -0.39 is 17.5 Å². The van der Waals surface area contributed by atoms with Crippen molar-refractivity contribution in [3.8, 4) is 0 Å². The van der Waals surface area contributed by atoms with E-state index in [0.29, 0.717) is 0 Å². The van der Waals surface area contributed by atoms with E-state index >= 15 is 0 Å². The molecule has 0 aromatic rings. The van der Waals surface area contributed by atoms with Gasteiger partial charge in [-0.15, -0.1) is 6.26 Å². The van der Waals surface area contributed by atoms with E-state index in [1.807, 2.05) is 0 Å². The first-order chi connectivity index (χ1) is 4.39. The molecule has 0 spiro atoms. The van der Waals surface area contributed by atoms with Crippen molar-refractivity contribution in [1.82, 2.24) is 0 Å². The first-order valence-corrected chi connectivity index (χ1v) is 2.30. The van der Waals surface area contributed by atoms with Crippen LogP contribution in [0.2, 0.25) is 0 Å². The Balaban J connectivity index is 0. The quantitative estimate of drug-likeness (QED) is 0.259. The fourth-order valence-corrected chi connectivity index (χ4v) is 0.277. The standard InChI is InChI=1S/C5H5F3O2.K/c1-3(2-9)4(10)5(6,7)8;/h2,9H,1H3;/q;+1/p-1/b3-2+;. The molecule has 2 nitrogen and oxygen atoms in total. The van der Waals surface area contributed by atoms with Crippen LogP contribution in [0.15, 0.2) is 11.8 Å². The Hall–Kier alpha value is 0.636. The average molecular weight is 192 g/mol. The molecular weight excluding hydrogens is 188 g/mol. The van der Waals surface area contributed by atoms with Crippen molar-refractivity contribution >= 4 is 5.78 Å². The second-order valence-electron chi connectivity index (χ2n) is 1.63. The fraction of sp³-hybridized carbons (Fsp3) is 0.400. The number of alkyl halides is 3. The van der Waals surface area contributed by atoms with Crippen LogP contribution in [-0.4, -0.2) is 12.0 Å². The molecule has 0 fully saturated rings. The van der Waals surface area contributed by atoms with Gasteiger partial charge >= 0.3 is 57.6 Å². The molecule has 0 aromatic carbocycles. The molecule has 0 rings (SSSR count). The van der Waals surface area contributed by atoms with E-state index in [9.17, 15) is 23.1 Å². The molecule has 0 bridgehead atoms. The number of hydrogen-bond acceptors (Lipinski definition) is 2. The maximum Gasteiger partial charge on any atom is 1.00 e. The van der Waals surface area contributed by atoms with Crippen LogP contribution in [0.1, 0.15) is 6.92 Å². The molecule has 11 heavy (non-hydrogen) atoms. The number of carbonyl (C=O) groups is 1. The number of allylic oxidation sites excluding steroid dienone is 1. The van der Waals surface area contributed by atoms with Gasteiger partial charge in [0, 0.05) is 0 Å². The summed E-state index contributed by atoms with van der Waals surface area (Å²) < 4.78 is 34.1. The van der Waals surface area contributed by atoms with E-state index in [0.717, 1.165) is 6.92 Å². The molecule has 0 aliphatic carbocycles. The second-order valence-corrected chi connectivity index (χ2v) is 1.63. The molecule has 0 aromatic heterocycles. The summed E-state index contributed by atoms with van der Waals surface area (Å²) in [4.78, 5) is 10.0. The van der Waals surface area contributed by atoms with Crippen LogP contribution in [0, 0.1) is 0 Å². The Morgan fingerprint density at radius 3 is 1.91 bits per heavy atom. The van der Waals surface area contributed by atoms with Crippen molar-refractivity contribution in [2.45, 2.75) is 13.1 Å². The Morgan fingerprint density at radius 1 is 1.45 bits per heavy atom. The summed E-state index contributed by atoms with van der Waals surface area (Å²) in [6, 6.07) is 0. The molecule has 0 unspecified atom stereocenters. The largest absolute Gasteiger partial charge is 1.00 e. The minimum Gasteiger partial charge on any atom is -0.878 e. The van der Waals surface area contributed by atoms with Crippen LogP contribution < -0.4 is 56.5 Å². The SMILES string of the molecule is C/C(=C\[O-])C(=O)C(F)(F)F.[K+]. The first-order valence-electron chi connectivity index (χ1n) is 2.30. The molecule has 0 saturated carbocycles. The molecule has 0 saturated heterocycles. The summed E-state index contributed by atoms with van der Waals surface area (Å²) in [6.45, 7) is 0.822. The predicted octanol–water partition coefficient (Wildman–Crippen LogP) is -2.61. The number of halogens is 3. The van der Waals surface area contributed by atoms with Gasteiger partial charge in [-0.3, -0.25) is 4.79 Å². The molecule has 0 N–H and O–H groups in total. The zero-order valence-corrected chi connectivity index (χ0v) is 9.15. The van der Waals surface area contributed by atoms with Gasteiger partial charge in [0.2, 0.25) is 0 Å². The zero-order valence-electron chi connectivity index (χ0n) is 6.03. The van der Waals surface area contributed by atoms with Crippen LogP contribution in [0.3, 0.4) is 0 Å². The fourth-order valence-electron chi connectivity index (χ4n) is 0.277. The summed E-state index contributed by atoms with van der Waals surface area (Å²) >= 11 is 0. The Labute approximate surface area is 104 Å². The number of rotatable bonds is 1. The predicted molar refractivity (Wildman–Crippen MR) is 24.8 cm³/mol. The summed E-state index contributed by atoms with van der Waals surface area (Å²) in [5.74, 6) is -2.08. The topological polar surface area (TPSA) is 40.1 Å². The van der Waals surface area contributed by atoms with Crippen LogP contribution >= 0.6 is 0 Å². The minimum atomic E-state index is -4.93. The monoisotopic (exact) mass is 192 g/mol. The van der Waals surface area contributed by atoms with Gasteiger partial charge in [-0.05, 0) is 12.5 Å². The number of Topliss-reactive ketones (excluding diaryl/α,β-unsaturated/α-hetero) is 1. The molecule has 0 atom stereocenters. The first kappa shape index (κ1) is 14.2. The Morgan fingerprint density at radius 2 is 1.82 bits per heavy atom. The molecule has 0 aliphatic rings. The van der Waals surface area contributed by atoms with Crippen molar-refractivity contribution in [2.75, 3.05) is 0 Å². The van der Waals surface area contributed by atoms with Crippen LogP contribution in [0.25, 0.3) is 0 Å². The van der Waals surface area contributed by atoms with Crippen molar-refractivity contribution < 1.29 is 74.5 Å². The normalized spacial score (nSPS) is 12.2. The van der Waals surface area contributed by atoms with E-state index in [1.54, 1.807) is 0 Å². The number of carbonyl (C=O) groups excluding carboxylic acids is 1. The third-order valence-corrected chi connectivity index (χ3v) is 0.792. The summed E-state index contributed by atoms with van der Waals surface area (Å²) in [6.07, 6.45) is -5.04. The van der Waals surface area contributed by atoms with Crippen LogP contribution in [0.5, 0.6) is 0 Å². The van der Waals surface area contributed by atoms with Crippen molar-refractivity contribution in [3.05, 3.63) is 11.8 Å².